The van der Waals surface area contributed by atoms with Gasteiger partial charge < -0.3 is 9.73 Å². The standard InChI is InChI=1S/C14H10N2O2/c17-14-13(15-10-6-2-1-3-7-10)16-11-8-4-5-9-12(11)18-14/h1-9H,(H,15,16). The van der Waals surface area contributed by atoms with Gasteiger partial charge in [0.05, 0.1) is 0 Å². The van der Waals surface area contributed by atoms with Gasteiger partial charge in [-0.25, -0.2) is 9.78 Å². The SMILES string of the molecule is O=c1oc2ccccc2nc1Nc1ccccc1. The second-order valence-electron chi connectivity index (χ2n) is 3.81. The van der Waals surface area contributed by atoms with Gasteiger partial charge in [0.15, 0.2) is 5.58 Å². The van der Waals surface area contributed by atoms with E-state index in [4.69, 9.17) is 4.42 Å². The lowest BCUT2D eigenvalue weighted by Crippen LogP contribution is -2.09. The topological polar surface area (TPSA) is 55.1 Å². The molecule has 4 heteroatoms. The number of hydrogen-bond acceptors (Lipinski definition) is 4. The summed E-state index contributed by atoms with van der Waals surface area (Å²) in [4.78, 5) is 16.0. The van der Waals surface area contributed by atoms with Gasteiger partial charge in [0.1, 0.15) is 5.52 Å². The largest absolute Gasteiger partial charge is 0.418 e. The zero-order valence-corrected chi connectivity index (χ0v) is 9.46. The van der Waals surface area contributed by atoms with Gasteiger partial charge in [-0.15, -0.1) is 0 Å². The molecule has 0 atom stereocenters. The van der Waals surface area contributed by atoms with Crippen LogP contribution in [0.15, 0.2) is 63.8 Å². The first-order chi connectivity index (χ1) is 8.83. The molecule has 0 aliphatic carbocycles. The van der Waals surface area contributed by atoms with Gasteiger partial charge >= 0.3 is 5.63 Å². The van der Waals surface area contributed by atoms with Crippen molar-refractivity contribution in [1.82, 2.24) is 4.98 Å². The van der Waals surface area contributed by atoms with Crippen molar-refractivity contribution < 1.29 is 4.42 Å². The first-order valence-electron chi connectivity index (χ1n) is 5.55. The molecule has 2 aromatic carbocycles. The molecule has 0 spiro atoms. The monoisotopic (exact) mass is 238 g/mol. The van der Waals surface area contributed by atoms with Gasteiger partial charge in [0.25, 0.3) is 0 Å². The van der Waals surface area contributed by atoms with Crippen LogP contribution in [0.2, 0.25) is 0 Å². The Hall–Kier alpha value is -2.62. The minimum absolute atomic E-state index is 0.194. The number of nitrogens with one attached hydrogen (secondary N) is 1. The molecule has 18 heavy (non-hydrogen) atoms. The lowest BCUT2D eigenvalue weighted by molar-refractivity contribution is 0.558. The lowest BCUT2D eigenvalue weighted by Gasteiger charge is -2.04. The summed E-state index contributed by atoms with van der Waals surface area (Å²) in [5.41, 5.74) is 1.46. The van der Waals surface area contributed by atoms with Gasteiger partial charge in [0.2, 0.25) is 5.82 Å². The smallest absolute Gasteiger partial charge is 0.379 e. The van der Waals surface area contributed by atoms with Gasteiger partial charge in [-0.3, -0.25) is 0 Å². The molecule has 1 heterocycles. The Morgan fingerprint density at radius 1 is 0.944 bits per heavy atom. The van der Waals surface area contributed by atoms with Crippen LogP contribution in [-0.2, 0) is 0 Å². The van der Waals surface area contributed by atoms with E-state index in [1.165, 1.54) is 0 Å². The number of rotatable bonds is 2. The highest BCUT2D eigenvalue weighted by atomic mass is 16.4. The van der Waals surface area contributed by atoms with Crippen LogP contribution in [-0.4, -0.2) is 4.98 Å². The van der Waals surface area contributed by atoms with Crippen molar-refractivity contribution in [3.05, 3.63) is 65.0 Å². The first-order valence-corrected chi connectivity index (χ1v) is 5.55. The van der Waals surface area contributed by atoms with Gasteiger partial charge in [0, 0.05) is 5.69 Å². The third kappa shape index (κ3) is 1.96. The Bertz CT molecular complexity index is 735. The predicted octanol–water partition coefficient (Wildman–Crippen LogP) is 2.93. The molecule has 0 fully saturated rings. The lowest BCUT2D eigenvalue weighted by atomic mass is 10.3. The van der Waals surface area contributed by atoms with Crippen molar-refractivity contribution in [3.8, 4) is 0 Å². The molecule has 0 amide bonds. The van der Waals surface area contributed by atoms with Gasteiger partial charge in [-0.05, 0) is 24.3 Å². The molecule has 3 rings (SSSR count). The molecule has 0 aliphatic heterocycles. The molecule has 4 nitrogen and oxygen atoms in total. The highest BCUT2D eigenvalue weighted by molar-refractivity contribution is 5.73. The Labute approximate surface area is 103 Å². The number of anilines is 2. The zero-order chi connectivity index (χ0) is 12.4. The number of hydrogen-bond donors (Lipinski definition) is 1. The second kappa shape index (κ2) is 4.33. The molecule has 1 aromatic heterocycles. The third-order valence-electron chi connectivity index (χ3n) is 2.53. The van der Waals surface area contributed by atoms with Crippen LogP contribution in [0, 0.1) is 0 Å². The van der Waals surface area contributed by atoms with E-state index in [1.54, 1.807) is 18.2 Å². The molecule has 3 aromatic rings. The molecule has 0 bridgehead atoms. The summed E-state index contributed by atoms with van der Waals surface area (Å²) in [6.45, 7) is 0. The molecule has 1 N–H and O–H groups in total. The van der Waals surface area contributed by atoms with Crippen LogP contribution in [0.1, 0.15) is 0 Å². The number of nitrogens with zero attached hydrogens (tertiary/aromatic N) is 1. The minimum atomic E-state index is -0.474. The van der Waals surface area contributed by atoms with Crippen molar-refractivity contribution >= 4 is 22.6 Å². The van der Waals surface area contributed by atoms with E-state index in [9.17, 15) is 4.79 Å². The van der Waals surface area contributed by atoms with Crippen LogP contribution >= 0.6 is 0 Å². The fourth-order valence-electron chi connectivity index (χ4n) is 1.69. The van der Waals surface area contributed by atoms with Crippen molar-refractivity contribution in [2.24, 2.45) is 0 Å². The number of aromatic nitrogens is 1. The predicted molar refractivity (Wildman–Crippen MR) is 70.0 cm³/mol. The summed E-state index contributed by atoms with van der Waals surface area (Å²) >= 11 is 0. The van der Waals surface area contributed by atoms with E-state index < -0.39 is 5.63 Å². The average Bonchev–Trinajstić information content (AvgIpc) is 2.41. The Balaban J connectivity index is 2.07. The fraction of sp³-hybridized carbons (Fsp3) is 0. The molecule has 0 unspecified atom stereocenters. The number of benzene rings is 2. The summed E-state index contributed by atoms with van der Waals surface area (Å²) in [5.74, 6) is 0.194. The third-order valence-corrected chi connectivity index (χ3v) is 2.53. The van der Waals surface area contributed by atoms with E-state index in [0.717, 1.165) is 5.69 Å². The second-order valence-corrected chi connectivity index (χ2v) is 3.81. The highest BCUT2D eigenvalue weighted by Gasteiger charge is 2.06. The first kappa shape index (κ1) is 10.5. The van der Waals surface area contributed by atoms with E-state index in [2.05, 4.69) is 10.3 Å². The van der Waals surface area contributed by atoms with Crippen LogP contribution in [0.4, 0.5) is 11.5 Å². The molecule has 0 radical (unpaired) electrons. The summed E-state index contributed by atoms with van der Waals surface area (Å²) in [6.07, 6.45) is 0. The van der Waals surface area contributed by atoms with Crippen LogP contribution in [0.5, 0.6) is 0 Å². The maximum absolute atomic E-state index is 11.7. The van der Waals surface area contributed by atoms with E-state index >= 15 is 0 Å². The van der Waals surface area contributed by atoms with Crippen LogP contribution < -0.4 is 10.9 Å². The van der Waals surface area contributed by atoms with Crippen LogP contribution in [0.25, 0.3) is 11.1 Å². The van der Waals surface area contributed by atoms with Crippen molar-refractivity contribution in [3.63, 3.8) is 0 Å². The molecule has 88 valence electrons. The molecular formula is C14H10N2O2. The highest BCUT2D eigenvalue weighted by Crippen LogP contribution is 2.14. The summed E-state index contributed by atoms with van der Waals surface area (Å²) in [7, 11) is 0. The van der Waals surface area contributed by atoms with Gasteiger partial charge in [-0.1, -0.05) is 30.3 Å². The zero-order valence-electron chi connectivity index (χ0n) is 9.46. The summed E-state index contributed by atoms with van der Waals surface area (Å²) in [6, 6.07) is 16.5. The fourth-order valence-corrected chi connectivity index (χ4v) is 1.69. The quantitative estimate of drug-likeness (QED) is 0.745. The maximum Gasteiger partial charge on any atom is 0.379 e. The average molecular weight is 238 g/mol. The summed E-state index contributed by atoms with van der Waals surface area (Å²) in [5, 5.41) is 2.95. The van der Waals surface area contributed by atoms with Crippen LogP contribution in [0.3, 0.4) is 0 Å². The van der Waals surface area contributed by atoms with Crippen molar-refractivity contribution in [1.29, 1.82) is 0 Å². The Kier molecular flexibility index (Phi) is 2.53. The Morgan fingerprint density at radius 2 is 1.67 bits per heavy atom. The van der Waals surface area contributed by atoms with Gasteiger partial charge in [-0.2, -0.15) is 0 Å². The molecule has 0 aliphatic rings. The number of para-hydroxylation sites is 3. The van der Waals surface area contributed by atoms with E-state index in [-0.39, 0.29) is 5.82 Å². The molecule has 0 saturated heterocycles. The summed E-state index contributed by atoms with van der Waals surface area (Å²) < 4.78 is 5.18. The normalized spacial score (nSPS) is 10.4. The number of fused-ring (bicyclic) bond motifs is 1. The minimum Gasteiger partial charge on any atom is -0.418 e. The Morgan fingerprint density at radius 3 is 2.50 bits per heavy atom. The molecule has 0 saturated carbocycles. The van der Waals surface area contributed by atoms with E-state index in [0.29, 0.717) is 11.1 Å². The maximum atomic E-state index is 11.7. The van der Waals surface area contributed by atoms with E-state index in [1.807, 2.05) is 36.4 Å². The molecular weight excluding hydrogens is 228 g/mol. The van der Waals surface area contributed by atoms with Crippen molar-refractivity contribution in [2.45, 2.75) is 0 Å². The van der Waals surface area contributed by atoms with Crippen molar-refractivity contribution in [2.75, 3.05) is 5.32 Å².